The van der Waals surface area contributed by atoms with Gasteiger partial charge in [-0.15, -0.1) is 0 Å². The van der Waals surface area contributed by atoms with Crippen molar-refractivity contribution in [3.63, 3.8) is 0 Å². The number of nitrogens with one attached hydrogen (secondary N) is 2. The van der Waals surface area contributed by atoms with Crippen LogP contribution in [0.25, 0.3) is 10.9 Å². The second-order valence-electron chi connectivity index (χ2n) is 6.62. The summed E-state index contributed by atoms with van der Waals surface area (Å²) in [4.78, 5) is 5.92. The lowest BCUT2D eigenvalue weighted by Gasteiger charge is -2.24. The molecule has 1 aliphatic rings. The molecule has 0 bridgehead atoms. The number of hydrogen-bond donors (Lipinski definition) is 2. The van der Waals surface area contributed by atoms with Gasteiger partial charge in [-0.25, -0.2) is 0 Å². The van der Waals surface area contributed by atoms with Crippen molar-refractivity contribution >= 4 is 10.9 Å². The van der Waals surface area contributed by atoms with Crippen LogP contribution in [0.2, 0.25) is 0 Å². The number of aromatic amines is 1. The molecule has 3 rings (SSSR count). The highest BCUT2D eigenvalue weighted by molar-refractivity contribution is 5.85. The molecule has 0 fully saturated rings. The Bertz CT molecular complexity index is 612. The maximum atomic E-state index is 3.75. The number of aryl methyl sites for hydroxylation is 2. The van der Waals surface area contributed by atoms with Crippen molar-refractivity contribution in [3.8, 4) is 0 Å². The zero-order valence-corrected chi connectivity index (χ0v) is 13.5. The molecule has 21 heavy (non-hydrogen) atoms. The van der Waals surface area contributed by atoms with Gasteiger partial charge in [0.2, 0.25) is 0 Å². The van der Waals surface area contributed by atoms with Gasteiger partial charge in [0.15, 0.2) is 0 Å². The lowest BCUT2D eigenvalue weighted by atomic mass is 9.91. The number of hydrogen-bond acceptors (Lipinski definition) is 2. The monoisotopic (exact) mass is 285 g/mol. The first-order chi connectivity index (χ1) is 10.1. The van der Waals surface area contributed by atoms with Gasteiger partial charge in [0.05, 0.1) is 0 Å². The first-order valence-corrected chi connectivity index (χ1v) is 8.14. The molecule has 0 unspecified atom stereocenters. The second-order valence-corrected chi connectivity index (χ2v) is 6.62. The number of rotatable bonds is 5. The fourth-order valence-electron chi connectivity index (χ4n) is 3.45. The molecule has 1 aromatic heterocycles. The largest absolute Gasteiger partial charge is 0.357 e. The molecule has 1 heterocycles. The minimum absolute atomic E-state index is 0.503. The summed E-state index contributed by atoms with van der Waals surface area (Å²) >= 11 is 0. The quantitative estimate of drug-likeness (QED) is 0.825. The van der Waals surface area contributed by atoms with E-state index in [9.17, 15) is 0 Å². The van der Waals surface area contributed by atoms with Gasteiger partial charge >= 0.3 is 0 Å². The summed E-state index contributed by atoms with van der Waals surface area (Å²) < 4.78 is 0. The summed E-state index contributed by atoms with van der Waals surface area (Å²) in [5, 5.41) is 5.19. The van der Waals surface area contributed by atoms with Gasteiger partial charge in [0, 0.05) is 22.6 Å². The van der Waals surface area contributed by atoms with Crippen LogP contribution in [-0.4, -0.2) is 37.1 Å². The molecule has 1 aromatic carbocycles. The highest BCUT2D eigenvalue weighted by Crippen LogP contribution is 2.34. The first kappa shape index (κ1) is 14.6. The highest BCUT2D eigenvalue weighted by Gasteiger charge is 2.23. The van der Waals surface area contributed by atoms with Crippen molar-refractivity contribution in [3.05, 3.63) is 35.0 Å². The van der Waals surface area contributed by atoms with Crippen LogP contribution in [-0.2, 0) is 6.42 Å². The molecular weight excluding hydrogens is 258 g/mol. The average Bonchev–Trinajstić information content (AvgIpc) is 2.82. The number of nitrogens with zero attached hydrogens (tertiary/aromatic N) is 1. The summed E-state index contributed by atoms with van der Waals surface area (Å²) in [5.74, 6) is 0. The molecule has 0 saturated heterocycles. The SMILES string of the molecule is Cc1ccc2[nH]c3c(c2c1)CCC[C@H]3NCCCN(C)C. The zero-order chi connectivity index (χ0) is 14.8. The van der Waals surface area contributed by atoms with Crippen molar-refractivity contribution in [2.45, 2.75) is 38.6 Å². The Morgan fingerprint density at radius 3 is 3.00 bits per heavy atom. The summed E-state index contributed by atoms with van der Waals surface area (Å²) in [7, 11) is 4.28. The number of fused-ring (bicyclic) bond motifs is 3. The average molecular weight is 285 g/mol. The Hall–Kier alpha value is -1.32. The molecule has 2 aromatic rings. The van der Waals surface area contributed by atoms with Crippen LogP contribution < -0.4 is 5.32 Å². The van der Waals surface area contributed by atoms with E-state index in [-0.39, 0.29) is 0 Å². The molecule has 0 saturated carbocycles. The Labute approximate surface area is 127 Å². The van der Waals surface area contributed by atoms with E-state index in [2.05, 4.69) is 54.4 Å². The second kappa shape index (κ2) is 6.20. The Balaban J connectivity index is 1.77. The van der Waals surface area contributed by atoms with Gasteiger partial charge in [0.25, 0.3) is 0 Å². The smallest absolute Gasteiger partial charge is 0.0476 e. The van der Waals surface area contributed by atoms with Gasteiger partial charge in [0.1, 0.15) is 0 Å². The van der Waals surface area contributed by atoms with Crippen LogP contribution in [0.4, 0.5) is 0 Å². The van der Waals surface area contributed by atoms with E-state index in [1.807, 2.05) is 0 Å². The van der Waals surface area contributed by atoms with E-state index in [4.69, 9.17) is 0 Å². The van der Waals surface area contributed by atoms with Crippen LogP contribution >= 0.6 is 0 Å². The predicted molar refractivity (Wildman–Crippen MR) is 89.9 cm³/mol. The van der Waals surface area contributed by atoms with Crippen LogP contribution in [0.3, 0.4) is 0 Å². The fourth-order valence-corrected chi connectivity index (χ4v) is 3.45. The van der Waals surface area contributed by atoms with Crippen molar-refractivity contribution < 1.29 is 0 Å². The number of H-pyrrole nitrogens is 1. The van der Waals surface area contributed by atoms with Crippen LogP contribution in [0.15, 0.2) is 18.2 Å². The van der Waals surface area contributed by atoms with Gasteiger partial charge < -0.3 is 15.2 Å². The number of aromatic nitrogens is 1. The topological polar surface area (TPSA) is 31.1 Å². The maximum Gasteiger partial charge on any atom is 0.0476 e. The molecule has 0 spiro atoms. The standard InChI is InChI=1S/C18H27N3/c1-13-8-9-16-15(12-13)14-6-4-7-17(18(14)20-16)19-10-5-11-21(2)3/h8-9,12,17,19-20H,4-7,10-11H2,1-3H3/t17-/m1/s1. The van der Waals surface area contributed by atoms with E-state index in [1.165, 1.54) is 47.8 Å². The van der Waals surface area contributed by atoms with E-state index in [1.54, 1.807) is 5.56 Å². The lowest BCUT2D eigenvalue weighted by Crippen LogP contribution is -2.28. The third-order valence-corrected chi connectivity index (χ3v) is 4.54. The Kier molecular flexibility index (Phi) is 4.32. The molecule has 0 aliphatic heterocycles. The van der Waals surface area contributed by atoms with Crippen LogP contribution in [0.5, 0.6) is 0 Å². The van der Waals surface area contributed by atoms with Gasteiger partial charge in [-0.3, -0.25) is 0 Å². The summed E-state index contributed by atoms with van der Waals surface area (Å²) in [6, 6.07) is 7.26. The molecule has 114 valence electrons. The minimum atomic E-state index is 0.503. The van der Waals surface area contributed by atoms with Crippen molar-refractivity contribution in [1.82, 2.24) is 15.2 Å². The van der Waals surface area contributed by atoms with Crippen LogP contribution in [0, 0.1) is 6.92 Å². The van der Waals surface area contributed by atoms with Crippen molar-refractivity contribution in [2.75, 3.05) is 27.2 Å². The van der Waals surface area contributed by atoms with Gasteiger partial charge in [-0.2, -0.15) is 0 Å². The lowest BCUT2D eigenvalue weighted by molar-refractivity contribution is 0.377. The molecule has 3 nitrogen and oxygen atoms in total. The van der Waals surface area contributed by atoms with E-state index in [0.29, 0.717) is 6.04 Å². The predicted octanol–water partition coefficient (Wildman–Crippen LogP) is 3.40. The van der Waals surface area contributed by atoms with E-state index < -0.39 is 0 Å². The fraction of sp³-hybridized carbons (Fsp3) is 0.556. The van der Waals surface area contributed by atoms with Gasteiger partial charge in [-0.1, -0.05) is 11.6 Å². The molecule has 0 radical (unpaired) electrons. The van der Waals surface area contributed by atoms with Crippen molar-refractivity contribution in [1.29, 1.82) is 0 Å². The Morgan fingerprint density at radius 1 is 1.33 bits per heavy atom. The molecule has 0 amide bonds. The van der Waals surface area contributed by atoms with Gasteiger partial charge in [-0.05, 0) is 77.5 Å². The molecule has 3 heteroatoms. The van der Waals surface area contributed by atoms with E-state index in [0.717, 1.165) is 13.1 Å². The Morgan fingerprint density at radius 2 is 2.19 bits per heavy atom. The number of benzene rings is 1. The zero-order valence-electron chi connectivity index (χ0n) is 13.5. The first-order valence-electron chi connectivity index (χ1n) is 8.14. The summed E-state index contributed by atoms with van der Waals surface area (Å²) in [6.07, 6.45) is 4.97. The molecular formula is C18H27N3. The molecule has 2 N–H and O–H groups in total. The normalized spacial score (nSPS) is 18.4. The maximum absolute atomic E-state index is 3.75. The minimum Gasteiger partial charge on any atom is -0.357 e. The third-order valence-electron chi connectivity index (χ3n) is 4.54. The highest BCUT2D eigenvalue weighted by atomic mass is 15.1. The third kappa shape index (κ3) is 3.14. The molecule has 1 aliphatic carbocycles. The van der Waals surface area contributed by atoms with Crippen molar-refractivity contribution in [2.24, 2.45) is 0 Å². The molecule has 1 atom stereocenters. The van der Waals surface area contributed by atoms with E-state index >= 15 is 0 Å². The van der Waals surface area contributed by atoms with Crippen LogP contribution in [0.1, 0.15) is 42.1 Å². The summed E-state index contributed by atoms with van der Waals surface area (Å²) in [5.41, 5.74) is 5.63. The summed E-state index contributed by atoms with van der Waals surface area (Å²) in [6.45, 7) is 4.42.